The number of benzene rings is 2. The molecule has 0 fully saturated rings. The van der Waals surface area contributed by atoms with Gasteiger partial charge in [0, 0.05) is 18.7 Å². The maximum absolute atomic E-state index is 12.1. The Kier molecular flexibility index (Phi) is 7.82. The van der Waals surface area contributed by atoms with Crippen LogP contribution in [0.5, 0.6) is 5.75 Å². The highest BCUT2D eigenvalue weighted by Crippen LogP contribution is 2.16. The van der Waals surface area contributed by atoms with E-state index in [1.807, 2.05) is 26.0 Å². The second kappa shape index (κ2) is 10.1. The lowest BCUT2D eigenvalue weighted by molar-refractivity contribution is -0.116. The van der Waals surface area contributed by atoms with Crippen LogP contribution in [0.15, 0.2) is 53.4 Å². The van der Waals surface area contributed by atoms with Crippen molar-refractivity contribution in [2.75, 3.05) is 18.5 Å². The summed E-state index contributed by atoms with van der Waals surface area (Å²) in [7, 11) is -3.46. The van der Waals surface area contributed by atoms with Crippen LogP contribution in [0.3, 0.4) is 0 Å². The van der Waals surface area contributed by atoms with Gasteiger partial charge in [0.1, 0.15) is 5.75 Å². The molecule has 0 saturated carbocycles. The number of sulfonamides is 1. The fraction of sp³-hybridized carbons (Fsp3) is 0.350. The molecule has 2 N–H and O–H groups in total. The molecule has 0 radical (unpaired) electrons. The van der Waals surface area contributed by atoms with E-state index in [4.69, 9.17) is 4.74 Å². The lowest BCUT2D eigenvalue weighted by Gasteiger charge is -2.08. The van der Waals surface area contributed by atoms with Crippen molar-refractivity contribution in [2.24, 2.45) is 0 Å². The SMILES string of the molecule is CCCNS(=O)(=O)c1ccc(CCC(=O)Nc2ccc(OCC)cc2)cc1. The van der Waals surface area contributed by atoms with Gasteiger partial charge in [-0.3, -0.25) is 4.79 Å². The predicted octanol–water partition coefficient (Wildman–Crippen LogP) is 3.34. The van der Waals surface area contributed by atoms with Gasteiger partial charge in [0.2, 0.25) is 15.9 Å². The topological polar surface area (TPSA) is 84.5 Å². The Hall–Kier alpha value is -2.38. The first-order valence-corrected chi connectivity index (χ1v) is 10.5. The second-order valence-corrected chi connectivity index (χ2v) is 7.81. The highest BCUT2D eigenvalue weighted by molar-refractivity contribution is 7.89. The molecule has 0 aliphatic heterocycles. The summed E-state index contributed by atoms with van der Waals surface area (Å²) in [5, 5.41) is 2.84. The minimum atomic E-state index is -3.46. The predicted molar refractivity (Wildman–Crippen MR) is 106 cm³/mol. The van der Waals surface area contributed by atoms with E-state index in [9.17, 15) is 13.2 Å². The number of carbonyl (C=O) groups excluding carboxylic acids is 1. The number of aryl methyl sites for hydroxylation is 1. The van der Waals surface area contributed by atoms with Crippen molar-refractivity contribution in [1.29, 1.82) is 0 Å². The molecular formula is C20H26N2O4S. The zero-order valence-corrected chi connectivity index (χ0v) is 16.5. The number of anilines is 1. The van der Waals surface area contributed by atoms with Crippen molar-refractivity contribution in [3.63, 3.8) is 0 Å². The van der Waals surface area contributed by atoms with Gasteiger partial charge in [0.15, 0.2) is 0 Å². The van der Waals surface area contributed by atoms with Crippen LogP contribution in [0.25, 0.3) is 0 Å². The molecule has 0 saturated heterocycles. The zero-order valence-electron chi connectivity index (χ0n) is 15.7. The first-order valence-electron chi connectivity index (χ1n) is 9.06. The Bertz CT molecular complexity index is 831. The lowest BCUT2D eigenvalue weighted by Crippen LogP contribution is -2.24. The molecule has 146 valence electrons. The quantitative estimate of drug-likeness (QED) is 0.652. The standard InChI is InChI=1S/C20H26N2O4S/c1-3-15-21-27(24,25)19-12-5-16(6-13-19)7-14-20(23)22-17-8-10-18(11-9-17)26-4-2/h5-6,8-13,21H,3-4,7,14-15H2,1-2H3,(H,22,23). The maximum atomic E-state index is 12.1. The molecule has 0 unspecified atom stereocenters. The Balaban J connectivity index is 1.86. The molecule has 0 spiro atoms. The van der Waals surface area contributed by atoms with Crippen LogP contribution in [0.1, 0.15) is 32.3 Å². The Morgan fingerprint density at radius 3 is 2.26 bits per heavy atom. The summed E-state index contributed by atoms with van der Waals surface area (Å²) in [6.45, 7) is 4.83. The average Bonchev–Trinajstić information content (AvgIpc) is 2.67. The van der Waals surface area contributed by atoms with Crippen LogP contribution in [-0.2, 0) is 21.2 Å². The van der Waals surface area contributed by atoms with E-state index in [0.717, 1.165) is 17.7 Å². The molecule has 0 bridgehead atoms. The molecule has 27 heavy (non-hydrogen) atoms. The number of hydrogen-bond donors (Lipinski definition) is 2. The van der Waals surface area contributed by atoms with Crippen LogP contribution < -0.4 is 14.8 Å². The van der Waals surface area contributed by atoms with Crippen molar-refractivity contribution < 1.29 is 17.9 Å². The summed E-state index contributed by atoms with van der Waals surface area (Å²) in [6, 6.07) is 13.8. The van der Waals surface area contributed by atoms with E-state index in [-0.39, 0.29) is 10.8 Å². The maximum Gasteiger partial charge on any atom is 0.240 e. The van der Waals surface area contributed by atoms with Gasteiger partial charge in [0.05, 0.1) is 11.5 Å². The zero-order chi connectivity index (χ0) is 19.7. The van der Waals surface area contributed by atoms with E-state index >= 15 is 0 Å². The highest BCUT2D eigenvalue weighted by atomic mass is 32.2. The summed E-state index contributed by atoms with van der Waals surface area (Å²) in [5.41, 5.74) is 1.62. The molecule has 2 rings (SSSR count). The Labute approximate surface area is 161 Å². The molecule has 0 aliphatic rings. The molecule has 0 atom stereocenters. The highest BCUT2D eigenvalue weighted by Gasteiger charge is 2.12. The third kappa shape index (κ3) is 6.69. The first kappa shape index (κ1) is 20.9. The fourth-order valence-corrected chi connectivity index (χ4v) is 3.57. The fourth-order valence-electron chi connectivity index (χ4n) is 2.44. The Morgan fingerprint density at radius 2 is 1.67 bits per heavy atom. The minimum Gasteiger partial charge on any atom is -0.494 e. The number of amides is 1. The summed E-state index contributed by atoms with van der Waals surface area (Å²) >= 11 is 0. The molecular weight excluding hydrogens is 364 g/mol. The summed E-state index contributed by atoms with van der Waals surface area (Å²) in [6.07, 6.45) is 1.58. The number of nitrogens with one attached hydrogen (secondary N) is 2. The van der Waals surface area contributed by atoms with E-state index < -0.39 is 10.0 Å². The summed E-state index contributed by atoms with van der Waals surface area (Å²) in [4.78, 5) is 12.3. The van der Waals surface area contributed by atoms with Gasteiger partial charge in [-0.2, -0.15) is 0 Å². The number of hydrogen-bond acceptors (Lipinski definition) is 4. The van der Waals surface area contributed by atoms with E-state index in [0.29, 0.717) is 31.7 Å². The van der Waals surface area contributed by atoms with Crippen LogP contribution in [0.4, 0.5) is 5.69 Å². The van der Waals surface area contributed by atoms with Gasteiger partial charge >= 0.3 is 0 Å². The number of ether oxygens (including phenoxy) is 1. The molecule has 2 aromatic carbocycles. The van der Waals surface area contributed by atoms with Crippen molar-refractivity contribution in [1.82, 2.24) is 4.72 Å². The second-order valence-electron chi connectivity index (χ2n) is 6.05. The monoisotopic (exact) mass is 390 g/mol. The largest absolute Gasteiger partial charge is 0.494 e. The first-order chi connectivity index (χ1) is 12.9. The van der Waals surface area contributed by atoms with Crippen molar-refractivity contribution in [3.05, 3.63) is 54.1 Å². The average molecular weight is 391 g/mol. The third-order valence-electron chi connectivity index (χ3n) is 3.87. The summed E-state index contributed by atoms with van der Waals surface area (Å²) < 4.78 is 32.0. The van der Waals surface area contributed by atoms with Gasteiger partial charge in [0.25, 0.3) is 0 Å². The molecule has 6 nitrogen and oxygen atoms in total. The lowest BCUT2D eigenvalue weighted by atomic mass is 10.1. The van der Waals surface area contributed by atoms with Crippen LogP contribution in [0.2, 0.25) is 0 Å². The van der Waals surface area contributed by atoms with Gasteiger partial charge in [-0.05, 0) is 61.7 Å². The van der Waals surface area contributed by atoms with E-state index in [2.05, 4.69) is 10.0 Å². The smallest absolute Gasteiger partial charge is 0.240 e. The van der Waals surface area contributed by atoms with Crippen LogP contribution in [-0.4, -0.2) is 27.5 Å². The van der Waals surface area contributed by atoms with Gasteiger partial charge in [-0.1, -0.05) is 19.1 Å². The number of carbonyl (C=O) groups is 1. The molecule has 0 heterocycles. The Morgan fingerprint density at radius 1 is 1.00 bits per heavy atom. The molecule has 0 aliphatic carbocycles. The molecule has 0 aromatic heterocycles. The van der Waals surface area contributed by atoms with E-state index in [1.165, 1.54) is 0 Å². The molecule has 1 amide bonds. The normalized spacial score (nSPS) is 11.2. The van der Waals surface area contributed by atoms with Gasteiger partial charge in [-0.25, -0.2) is 13.1 Å². The van der Waals surface area contributed by atoms with Crippen molar-refractivity contribution >= 4 is 21.6 Å². The molecule has 7 heteroatoms. The molecule has 2 aromatic rings. The van der Waals surface area contributed by atoms with Crippen molar-refractivity contribution in [3.8, 4) is 5.75 Å². The van der Waals surface area contributed by atoms with Crippen LogP contribution in [0, 0.1) is 0 Å². The van der Waals surface area contributed by atoms with Gasteiger partial charge in [-0.15, -0.1) is 0 Å². The third-order valence-corrected chi connectivity index (χ3v) is 5.34. The van der Waals surface area contributed by atoms with Crippen molar-refractivity contribution in [2.45, 2.75) is 38.0 Å². The minimum absolute atomic E-state index is 0.0968. The van der Waals surface area contributed by atoms with E-state index in [1.54, 1.807) is 36.4 Å². The van der Waals surface area contributed by atoms with Gasteiger partial charge < -0.3 is 10.1 Å². The summed E-state index contributed by atoms with van der Waals surface area (Å²) in [5.74, 6) is 0.666. The van der Waals surface area contributed by atoms with Crippen LogP contribution >= 0.6 is 0 Å². The number of rotatable bonds is 10.